The van der Waals surface area contributed by atoms with Gasteiger partial charge in [-0.3, -0.25) is 0 Å². The molecule has 0 N–H and O–H groups in total. The zero-order chi connectivity index (χ0) is 18.4. The van der Waals surface area contributed by atoms with E-state index in [1.165, 1.54) is 30.3 Å². The lowest BCUT2D eigenvalue weighted by molar-refractivity contribution is 0.0525. The van der Waals surface area contributed by atoms with Gasteiger partial charge in [0.05, 0.1) is 28.8 Å². The highest BCUT2D eigenvalue weighted by Gasteiger charge is 2.17. The molecule has 0 bridgehead atoms. The number of benzene rings is 2. The molecule has 4 nitrogen and oxygen atoms in total. The van der Waals surface area contributed by atoms with Gasteiger partial charge in [-0.15, -0.1) is 0 Å². The summed E-state index contributed by atoms with van der Waals surface area (Å²) in [6.45, 7) is 4.19. The number of ether oxygens (including phenoxy) is 3. The fourth-order valence-electron chi connectivity index (χ4n) is 2.09. The Balaban J connectivity index is 2.28. The summed E-state index contributed by atoms with van der Waals surface area (Å²) >= 11 is 12.2. The molecule has 0 aliphatic carbocycles. The molecular formula is C18H17Cl2FO4. The maximum Gasteiger partial charge on any atom is 0.338 e. The number of carbonyl (C=O) groups is 1. The van der Waals surface area contributed by atoms with E-state index in [-0.39, 0.29) is 34.6 Å². The number of hydrogen-bond acceptors (Lipinski definition) is 4. The van der Waals surface area contributed by atoms with Gasteiger partial charge in [-0.1, -0.05) is 29.3 Å². The molecule has 0 aliphatic rings. The van der Waals surface area contributed by atoms with Crippen molar-refractivity contribution in [3.05, 3.63) is 57.3 Å². The maximum atomic E-state index is 13.1. The Kier molecular flexibility index (Phi) is 6.91. The molecule has 0 amide bonds. The van der Waals surface area contributed by atoms with Crippen LogP contribution in [-0.2, 0) is 11.3 Å². The topological polar surface area (TPSA) is 44.8 Å². The van der Waals surface area contributed by atoms with Gasteiger partial charge < -0.3 is 14.2 Å². The van der Waals surface area contributed by atoms with E-state index < -0.39 is 11.8 Å². The number of carbonyl (C=O) groups excluding carboxylic acids is 1. The van der Waals surface area contributed by atoms with Gasteiger partial charge in [0.1, 0.15) is 12.4 Å². The summed E-state index contributed by atoms with van der Waals surface area (Å²) in [5.74, 6) is -0.340. The van der Waals surface area contributed by atoms with Gasteiger partial charge in [-0.05, 0) is 38.1 Å². The maximum absolute atomic E-state index is 13.1. The lowest BCUT2D eigenvalue weighted by Crippen LogP contribution is -2.07. The van der Waals surface area contributed by atoms with E-state index in [9.17, 15) is 9.18 Å². The Morgan fingerprint density at radius 1 is 1.04 bits per heavy atom. The highest BCUT2D eigenvalue weighted by atomic mass is 35.5. The molecule has 0 fully saturated rings. The van der Waals surface area contributed by atoms with Crippen molar-refractivity contribution in [1.82, 2.24) is 0 Å². The number of hydrogen-bond donors (Lipinski definition) is 0. The van der Waals surface area contributed by atoms with Gasteiger partial charge in [0.25, 0.3) is 0 Å². The summed E-state index contributed by atoms with van der Waals surface area (Å²) < 4.78 is 29.3. The van der Waals surface area contributed by atoms with Crippen LogP contribution < -0.4 is 9.47 Å². The van der Waals surface area contributed by atoms with E-state index in [4.69, 9.17) is 37.4 Å². The molecule has 2 aromatic carbocycles. The SMILES string of the molecule is CCOC(=O)c1cc(Cl)c(OCc2ccc(F)cc2Cl)c(OCC)c1. The summed E-state index contributed by atoms with van der Waals surface area (Å²) in [5.41, 5.74) is 0.860. The molecule has 7 heteroatoms. The Hall–Kier alpha value is -1.98. The van der Waals surface area contributed by atoms with E-state index in [2.05, 4.69) is 0 Å². The van der Waals surface area contributed by atoms with Gasteiger partial charge in [-0.2, -0.15) is 0 Å². The average Bonchev–Trinajstić information content (AvgIpc) is 2.56. The molecule has 25 heavy (non-hydrogen) atoms. The smallest absolute Gasteiger partial charge is 0.338 e. The second kappa shape index (κ2) is 8.92. The molecule has 2 aromatic rings. The Morgan fingerprint density at radius 2 is 1.80 bits per heavy atom. The number of rotatable bonds is 7. The summed E-state index contributed by atoms with van der Waals surface area (Å²) in [6.07, 6.45) is 0. The fraction of sp³-hybridized carbons (Fsp3) is 0.278. The van der Waals surface area contributed by atoms with E-state index in [0.29, 0.717) is 17.9 Å². The van der Waals surface area contributed by atoms with Crippen molar-refractivity contribution in [3.8, 4) is 11.5 Å². The van der Waals surface area contributed by atoms with Gasteiger partial charge >= 0.3 is 5.97 Å². The highest BCUT2D eigenvalue weighted by molar-refractivity contribution is 6.32. The van der Waals surface area contributed by atoms with E-state index in [1.807, 2.05) is 0 Å². The normalized spacial score (nSPS) is 10.4. The molecule has 2 rings (SSSR count). The first kappa shape index (κ1) is 19.3. The quantitative estimate of drug-likeness (QED) is 0.606. The zero-order valence-corrected chi connectivity index (χ0v) is 15.3. The van der Waals surface area contributed by atoms with Crippen LogP contribution in [0.15, 0.2) is 30.3 Å². The van der Waals surface area contributed by atoms with Crippen molar-refractivity contribution in [2.45, 2.75) is 20.5 Å². The second-order valence-corrected chi connectivity index (χ2v) is 5.78. The third-order valence-electron chi connectivity index (χ3n) is 3.21. The minimum absolute atomic E-state index is 0.0671. The monoisotopic (exact) mass is 386 g/mol. The summed E-state index contributed by atoms with van der Waals surface area (Å²) in [5, 5.41) is 0.449. The fourth-order valence-corrected chi connectivity index (χ4v) is 2.58. The van der Waals surface area contributed by atoms with E-state index in [1.54, 1.807) is 13.8 Å². The van der Waals surface area contributed by atoms with Gasteiger partial charge in [0.2, 0.25) is 0 Å². The predicted octanol–water partition coefficient (Wildman–Crippen LogP) is 5.29. The van der Waals surface area contributed by atoms with Crippen LogP contribution in [0.1, 0.15) is 29.8 Å². The van der Waals surface area contributed by atoms with E-state index >= 15 is 0 Å². The predicted molar refractivity (Wildman–Crippen MR) is 94.3 cm³/mol. The van der Waals surface area contributed by atoms with Crippen LogP contribution >= 0.6 is 23.2 Å². The van der Waals surface area contributed by atoms with Crippen molar-refractivity contribution in [2.75, 3.05) is 13.2 Å². The van der Waals surface area contributed by atoms with Gasteiger partial charge in [0, 0.05) is 5.56 Å². The number of esters is 1. The molecule has 0 aliphatic heterocycles. The highest BCUT2D eigenvalue weighted by Crippen LogP contribution is 2.37. The number of halogens is 3. The lowest BCUT2D eigenvalue weighted by atomic mass is 10.2. The molecule has 0 aromatic heterocycles. The van der Waals surface area contributed by atoms with E-state index in [0.717, 1.165) is 0 Å². The average molecular weight is 387 g/mol. The minimum atomic E-state index is -0.501. The Morgan fingerprint density at radius 3 is 2.44 bits per heavy atom. The molecule has 0 atom stereocenters. The first-order chi connectivity index (χ1) is 12.0. The molecule has 0 saturated heterocycles. The Bertz CT molecular complexity index is 765. The third kappa shape index (κ3) is 5.00. The molecule has 0 spiro atoms. The van der Waals surface area contributed by atoms with Crippen molar-refractivity contribution >= 4 is 29.2 Å². The summed E-state index contributed by atoms with van der Waals surface area (Å²) in [6, 6.07) is 6.98. The molecular weight excluding hydrogens is 370 g/mol. The standard InChI is InChI=1S/C18H17Cl2FO4/c1-3-23-16-8-12(18(22)24-4-2)7-15(20)17(16)25-10-11-5-6-13(21)9-14(11)19/h5-9H,3-4,10H2,1-2H3. The van der Waals surface area contributed by atoms with Gasteiger partial charge in [0.15, 0.2) is 11.5 Å². The van der Waals surface area contributed by atoms with Crippen molar-refractivity contribution < 1.29 is 23.4 Å². The van der Waals surface area contributed by atoms with Crippen LogP contribution in [0.5, 0.6) is 11.5 Å². The largest absolute Gasteiger partial charge is 0.490 e. The van der Waals surface area contributed by atoms with Crippen LogP contribution in [0.3, 0.4) is 0 Å². The summed E-state index contributed by atoms with van der Waals surface area (Å²) in [4.78, 5) is 11.9. The third-order valence-corrected chi connectivity index (χ3v) is 3.84. The van der Waals surface area contributed by atoms with Crippen LogP contribution in [0.2, 0.25) is 10.0 Å². The van der Waals surface area contributed by atoms with Crippen LogP contribution in [0, 0.1) is 5.82 Å². The minimum Gasteiger partial charge on any atom is -0.490 e. The lowest BCUT2D eigenvalue weighted by Gasteiger charge is -2.15. The Labute approximate surface area is 155 Å². The van der Waals surface area contributed by atoms with Crippen LogP contribution in [-0.4, -0.2) is 19.2 Å². The molecule has 0 radical (unpaired) electrons. The van der Waals surface area contributed by atoms with Crippen LogP contribution in [0.4, 0.5) is 4.39 Å². The molecule has 0 unspecified atom stereocenters. The van der Waals surface area contributed by atoms with Crippen molar-refractivity contribution in [3.63, 3.8) is 0 Å². The molecule has 0 heterocycles. The van der Waals surface area contributed by atoms with Gasteiger partial charge in [-0.25, -0.2) is 9.18 Å². The van der Waals surface area contributed by atoms with Crippen molar-refractivity contribution in [2.24, 2.45) is 0 Å². The summed E-state index contributed by atoms with van der Waals surface area (Å²) in [7, 11) is 0. The zero-order valence-electron chi connectivity index (χ0n) is 13.8. The van der Waals surface area contributed by atoms with Crippen LogP contribution in [0.25, 0.3) is 0 Å². The molecule has 134 valence electrons. The first-order valence-electron chi connectivity index (χ1n) is 7.66. The van der Waals surface area contributed by atoms with Crippen molar-refractivity contribution in [1.29, 1.82) is 0 Å². The first-order valence-corrected chi connectivity index (χ1v) is 8.42. The molecule has 0 saturated carbocycles. The second-order valence-electron chi connectivity index (χ2n) is 4.96.